The molecule has 0 radical (unpaired) electrons. The lowest BCUT2D eigenvalue weighted by Crippen LogP contribution is -2.21. The van der Waals surface area contributed by atoms with E-state index < -0.39 is 5.97 Å². The van der Waals surface area contributed by atoms with Crippen LogP contribution in [0.2, 0.25) is 0 Å². The van der Waals surface area contributed by atoms with Gasteiger partial charge in [0.2, 0.25) is 0 Å². The zero-order valence-corrected chi connectivity index (χ0v) is 9.00. The fourth-order valence-corrected chi connectivity index (χ4v) is 1.78. The first-order valence-electron chi connectivity index (χ1n) is 4.17. The highest BCUT2D eigenvalue weighted by Gasteiger charge is 2.09. The number of methoxy groups -OCH3 is 1. The predicted molar refractivity (Wildman–Crippen MR) is 56.4 cm³/mol. The summed E-state index contributed by atoms with van der Waals surface area (Å²) in [7, 11) is 3.55. The van der Waals surface area contributed by atoms with E-state index in [-0.39, 0.29) is 0 Å². The van der Waals surface area contributed by atoms with Crippen molar-refractivity contribution in [3.63, 3.8) is 0 Å². The van der Waals surface area contributed by atoms with E-state index in [1.165, 1.54) is 11.3 Å². The van der Waals surface area contributed by atoms with Crippen LogP contribution in [0, 0.1) is 0 Å². The summed E-state index contributed by atoms with van der Waals surface area (Å²) < 4.78 is 4.93. The zero-order chi connectivity index (χ0) is 10.6. The van der Waals surface area contributed by atoms with Crippen LogP contribution in [0.15, 0.2) is 11.4 Å². The average Bonchev–Trinajstić information content (AvgIpc) is 2.62. The van der Waals surface area contributed by atoms with Crippen LogP contribution < -0.4 is 4.90 Å². The molecule has 0 aromatic carbocycles. The average molecular weight is 215 g/mol. The van der Waals surface area contributed by atoms with Crippen molar-refractivity contribution in [3.05, 3.63) is 16.3 Å². The third kappa shape index (κ3) is 2.71. The minimum Gasteiger partial charge on any atom is -0.477 e. The monoisotopic (exact) mass is 215 g/mol. The van der Waals surface area contributed by atoms with Gasteiger partial charge in [0.05, 0.1) is 6.61 Å². The van der Waals surface area contributed by atoms with Gasteiger partial charge in [-0.2, -0.15) is 0 Å². The smallest absolute Gasteiger partial charge is 0.345 e. The van der Waals surface area contributed by atoms with Crippen molar-refractivity contribution >= 4 is 23.0 Å². The number of likely N-dealkylation sites (N-methyl/N-ethyl adjacent to an activating group) is 1. The molecule has 78 valence electrons. The molecule has 1 rings (SSSR count). The van der Waals surface area contributed by atoms with E-state index in [1.807, 2.05) is 17.3 Å². The highest BCUT2D eigenvalue weighted by atomic mass is 32.1. The van der Waals surface area contributed by atoms with Crippen LogP contribution in [-0.2, 0) is 4.74 Å². The lowest BCUT2D eigenvalue weighted by atomic mass is 10.4. The summed E-state index contributed by atoms with van der Waals surface area (Å²) in [4.78, 5) is 12.9. The summed E-state index contributed by atoms with van der Waals surface area (Å²) in [6.07, 6.45) is 0. The zero-order valence-electron chi connectivity index (χ0n) is 8.19. The predicted octanol–water partition coefficient (Wildman–Crippen LogP) is 1.53. The Hall–Kier alpha value is -1.07. The SMILES string of the molecule is COCCN(C)c1csc(C(=O)O)c1. The number of ether oxygens (including phenoxy) is 1. The maximum atomic E-state index is 10.6. The Morgan fingerprint density at radius 3 is 2.93 bits per heavy atom. The minimum atomic E-state index is -0.874. The molecule has 0 spiro atoms. The van der Waals surface area contributed by atoms with Crippen molar-refractivity contribution in [2.24, 2.45) is 0 Å². The first-order valence-corrected chi connectivity index (χ1v) is 5.05. The topological polar surface area (TPSA) is 49.8 Å². The van der Waals surface area contributed by atoms with Crippen LogP contribution in [-0.4, -0.2) is 38.4 Å². The van der Waals surface area contributed by atoms with Crippen molar-refractivity contribution in [3.8, 4) is 0 Å². The number of nitrogens with zero attached hydrogens (tertiary/aromatic N) is 1. The molecule has 1 heterocycles. The van der Waals surface area contributed by atoms with Gasteiger partial charge in [-0.05, 0) is 6.07 Å². The van der Waals surface area contributed by atoms with Gasteiger partial charge >= 0.3 is 5.97 Å². The molecule has 1 N–H and O–H groups in total. The lowest BCUT2D eigenvalue weighted by molar-refractivity contribution is 0.0702. The van der Waals surface area contributed by atoms with Gasteiger partial charge in [0.25, 0.3) is 0 Å². The number of anilines is 1. The van der Waals surface area contributed by atoms with Crippen LogP contribution >= 0.6 is 11.3 Å². The standard InChI is InChI=1S/C9H13NO3S/c1-10(3-4-13-2)7-5-8(9(11)12)14-6-7/h5-6H,3-4H2,1-2H3,(H,11,12). The number of thiophene rings is 1. The summed E-state index contributed by atoms with van der Waals surface area (Å²) in [5, 5.41) is 10.6. The Labute approximate surface area is 86.7 Å². The Morgan fingerprint density at radius 2 is 2.43 bits per heavy atom. The molecule has 0 amide bonds. The summed E-state index contributed by atoms with van der Waals surface area (Å²) in [5.74, 6) is -0.874. The molecule has 0 fully saturated rings. The van der Waals surface area contributed by atoms with Crippen LogP contribution in [0.4, 0.5) is 5.69 Å². The van der Waals surface area contributed by atoms with Crippen LogP contribution in [0.5, 0.6) is 0 Å². The van der Waals surface area contributed by atoms with Gasteiger partial charge in [-0.25, -0.2) is 4.79 Å². The van der Waals surface area contributed by atoms with Gasteiger partial charge in [0.15, 0.2) is 0 Å². The van der Waals surface area contributed by atoms with Crippen molar-refractivity contribution in [2.75, 3.05) is 32.2 Å². The van der Waals surface area contributed by atoms with Crippen molar-refractivity contribution in [2.45, 2.75) is 0 Å². The molecule has 4 nitrogen and oxygen atoms in total. The number of rotatable bonds is 5. The molecule has 5 heteroatoms. The molecule has 0 atom stereocenters. The molecule has 0 aliphatic rings. The molecule has 0 saturated heterocycles. The Morgan fingerprint density at radius 1 is 1.71 bits per heavy atom. The van der Waals surface area contributed by atoms with Crippen molar-refractivity contribution < 1.29 is 14.6 Å². The molecular formula is C9H13NO3S. The Kier molecular flexibility index (Phi) is 3.91. The molecule has 1 aromatic heterocycles. The largest absolute Gasteiger partial charge is 0.477 e. The molecule has 0 aliphatic heterocycles. The third-order valence-corrected chi connectivity index (χ3v) is 2.77. The van der Waals surface area contributed by atoms with E-state index in [9.17, 15) is 4.79 Å². The van der Waals surface area contributed by atoms with Gasteiger partial charge in [0.1, 0.15) is 4.88 Å². The number of aromatic carboxylic acids is 1. The van der Waals surface area contributed by atoms with E-state index in [0.717, 1.165) is 12.2 Å². The first-order chi connectivity index (χ1) is 6.65. The second-order valence-corrected chi connectivity index (χ2v) is 3.80. The van der Waals surface area contributed by atoms with Crippen LogP contribution in [0.25, 0.3) is 0 Å². The normalized spacial score (nSPS) is 10.1. The quantitative estimate of drug-likeness (QED) is 0.809. The molecule has 0 saturated carbocycles. The first kappa shape index (κ1) is 11.0. The lowest BCUT2D eigenvalue weighted by Gasteiger charge is -2.16. The summed E-state index contributed by atoms with van der Waals surface area (Å²) >= 11 is 1.24. The van der Waals surface area contributed by atoms with E-state index in [1.54, 1.807) is 13.2 Å². The number of hydrogen-bond donors (Lipinski definition) is 1. The highest BCUT2D eigenvalue weighted by Crippen LogP contribution is 2.21. The van der Waals surface area contributed by atoms with Gasteiger partial charge in [-0.3, -0.25) is 0 Å². The Balaban J connectivity index is 2.61. The number of carboxylic acids is 1. The molecule has 1 aromatic rings. The Bertz CT molecular complexity index is 311. The fraction of sp³-hybridized carbons (Fsp3) is 0.444. The molecule has 14 heavy (non-hydrogen) atoms. The summed E-state index contributed by atoms with van der Waals surface area (Å²) in [6.45, 7) is 1.39. The van der Waals surface area contributed by atoms with Crippen LogP contribution in [0.1, 0.15) is 9.67 Å². The maximum absolute atomic E-state index is 10.6. The summed E-state index contributed by atoms with van der Waals surface area (Å²) in [5.41, 5.74) is 0.921. The van der Waals surface area contributed by atoms with E-state index in [4.69, 9.17) is 9.84 Å². The molecule has 0 bridgehead atoms. The van der Waals surface area contributed by atoms with Crippen LogP contribution in [0.3, 0.4) is 0 Å². The molecule has 0 aliphatic carbocycles. The highest BCUT2D eigenvalue weighted by molar-refractivity contribution is 7.12. The third-order valence-electron chi connectivity index (χ3n) is 1.87. The summed E-state index contributed by atoms with van der Waals surface area (Å²) in [6, 6.07) is 1.67. The van der Waals surface area contributed by atoms with Crippen molar-refractivity contribution in [1.82, 2.24) is 0 Å². The minimum absolute atomic E-state index is 0.365. The van der Waals surface area contributed by atoms with Gasteiger partial charge < -0.3 is 14.7 Å². The number of carbonyl (C=O) groups is 1. The molecular weight excluding hydrogens is 202 g/mol. The van der Waals surface area contributed by atoms with Crippen molar-refractivity contribution in [1.29, 1.82) is 0 Å². The van der Waals surface area contributed by atoms with Gasteiger partial charge in [0, 0.05) is 31.8 Å². The maximum Gasteiger partial charge on any atom is 0.345 e. The van der Waals surface area contributed by atoms with E-state index >= 15 is 0 Å². The van der Waals surface area contributed by atoms with Gasteiger partial charge in [-0.1, -0.05) is 0 Å². The van der Waals surface area contributed by atoms with E-state index in [2.05, 4.69) is 0 Å². The number of carboxylic acid groups (broad SMARTS) is 1. The fourth-order valence-electron chi connectivity index (χ4n) is 0.996. The van der Waals surface area contributed by atoms with Gasteiger partial charge in [-0.15, -0.1) is 11.3 Å². The number of hydrogen-bond acceptors (Lipinski definition) is 4. The second-order valence-electron chi connectivity index (χ2n) is 2.89. The second kappa shape index (κ2) is 4.97. The van der Waals surface area contributed by atoms with E-state index in [0.29, 0.717) is 11.5 Å². The molecule has 0 unspecified atom stereocenters.